The van der Waals surface area contributed by atoms with Crippen LogP contribution in [0.25, 0.3) is 0 Å². The van der Waals surface area contributed by atoms with E-state index in [2.05, 4.69) is 4.74 Å². The first kappa shape index (κ1) is 14.1. The second kappa shape index (κ2) is 5.75. The van der Waals surface area contributed by atoms with Gasteiger partial charge in [0, 0.05) is 18.6 Å². The Morgan fingerprint density at radius 1 is 1.26 bits per heavy atom. The van der Waals surface area contributed by atoms with Gasteiger partial charge in [-0.25, -0.2) is 8.78 Å². The molecular formula is C12H12F4O3. The topological polar surface area (TPSA) is 38.7 Å². The fourth-order valence-electron chi connectivity index (χ4n) is 1.84. The minimum atomic E-state index is -1.62. The van der Waals surface area contributed by atoms with Crippen LogP contribution in [0.1, 0.15) is 6.42 Å². The van der Waals surface area contributed by atoms with Crippen LogP contribution in [-0.4, -0.2) is 31.0 Å². The van der Waals surface area contributed by atoms with Gasteiger partial charge in [0.05, 0.1) is 12.7 Å². The molecule has 0 aliphatic carbocycles. The van der Waals surface area contributed by atoms with Gasteiger partial charge < -0.3 is 14.6 Å². The van der Waals surface area contributed by atoms with Crippen molar-refractivity contribution in [2.24, 2.45) is 5.92 Å². The van der Waals surface area contributed by atoms with Crippen LogP contribution in [0.5, 0.6) is 5.75 Å². The van der Waals surface area contributed by atoms with Crippen molar-refractivity contribution in [1.29, 1.82) is 0 Å². The molecule has 1 fully saturated rings. The van der Waals surface area contributed by atoms with E-state index in [1.54, 1.807) is 0 Å². The number of aliphatic hydroxyl groups excluding tert-OH is 1. The molecule has 1 heterocycles. The molecule has 0 bridgehead atoms. The van der Waals surface area contributed by atoms with Gasteiger partial charge in [0.15, 0.2) is 17.4 Å². The third kappa shape index (κ3) is 2.98. The lowest BCUT2D eigenvalue weighted by Gasteiger charge is -2.17. The molecule has 0 saturated carbocycles. The molecule has 2 atom stereocenters. The lowest BCUT2D eigenvalue weighted by Crippen LogP contribution is -2.28. The fourth-order valence-corrected chi connectivity index (χ4v) is 1.84. The van der Waals surface area contributed by atoms with Crippen LogP contribution in [-0.2, 0) is 4.74 Å². The molecule has 1 aliphatic heterocycles. The standard InChI is InChI=1S/C12H12F4O3/c13-7-3-8(14)11(16)12(10(7)15)19-5-9(17)6-1-2-18-4-6/h3,6,9,17H,1-2,4-5H2. The molecule has 1 N–H and O–H groups in total. The molecular weight excluding hydrogens is 268 g/mol. The van der Waals surface area contributed by atoms with Gasteiger partial charge in [-0.1, -0.05) is 0 Å². The third-order valence-corrected chi connectivity index (χ3v) is 2.98. The second-order valence-electron chi connectivity index (χ2n) is 4.30. The highest BCUT2D eigenvalue weighted by molar-refractivity contribution is 5.28. The van der Waals surface area contributed by atoms with Crippen molar-refractivity contribution in [3.63, 3.8) is 0 Å². The molecule has 7 heteroatoms. The van der Waals surface area contributed by atoms with Crippen molar-refractivity contribution in [2.45, 2.75) is 12.5 Å². The van der Waals surface area contributed by atoms with Crippen molar-refractivity contribution in [3.05, 3.63) is 29.3 Å². The first-order chi connectivity index (χ1) is 9.00. The van der Waals surface area contributed by atoms with Gasteiger partial charge in [-0.3, -0.25) is 0 Å². The maximum Gasteiger partial charge on any atom is 0.203 e. The fraction of sp³-hybridized carbons (Fsp3) is 0.500. The van der Waals surface area contributed by atoms with Crippen molar-refractivity contribution in [1.82, 2.24) is 0 Å². The van der Waals surface area contributed by atoms with Gasteiger partial charge in [-0.05, 0) is 6.42 Å². The van der Waals surface area contributed by atoms with Crippen LogP contribution < -0.4 is 4.74 Å². The smallest absolute Gasteiger partial charge is 0.203 e. The molecule has 2 rings (SSSR count). The summed E-state index contributed by atoms with van der Waals surface area (Å²) in [5.74, 6) is -7.71. The van der Waals surface area contributed by atoms with E-state index in [9.17, 15) is 22.7 Å². The van der Waals surface area contributed by atoms with E-state index >= 15 is 0 Å². The van der Waals surface area contributed by atoms with E-state index in [0.29, 0.717) is 19.6 Å². The molecule has 1 saturated heterocycles. The predicted molar refractivity (Wildman–Crippen MR) is 56.7 cm³/mol. The number of benzene rings is 1. The molecule has 1 aliphatic rings. The van der Waals surface area contributed by atoms with Crippen molar-refractivity contribution in [2.75, 3.05) is 19.8 Å². The monoisotopic (exact) mass is 280 g/mol. The zero-order valence-corrected chi connectivity index (χ0v) is 9.84. The van der Waals surface area contributed by atoms with Gasteiger partial charge in [0.2, 0.25) is 11.6 Å². The first-order valence-electron chi connectivity index (χ1n) is 5.72. The lowest BCUT2D eigenvalue weighted by molar-refractivity contribution is 0.0467. The molecule has 3 nitrogen and oxygen atoms in total. The summed E-state index contributed by atoms with van der Waals surface area (Å²) in [6.45, 7) is 0.330. The molecule has 0 amide bonds. The Morgan fingerprint density at radius 3 is 2.42 bits per heavy atom. The largest absolute Gasteiger partial charge is 0.485 e. The maximum absolute atomic E-state index is 13.3. The molecule has 1 aromatic carbocycles. The highest BCUT2D eigenvalue weighted by atomic mass is 19.2. The van der Waals surface area contributed by atoms with Crippen LogP contribution in [0.4, 0.5) is 17.6 Å². The van der Waals surface area contributed by atoms with Gasteiger partial charge in [-0.2, -0.15) is 8.78 Å². The van der Waals surface area contributed by atoms with Crippen LogP contribution in [0.2, 0.25) is 0 Å². The summed E-state index contributed by atoms with van der Waals surface area (Å²) in [5, 5.41) is 9.69. The lowest BCUT2D eigenvalue weighted by atomic mass is 10.0. The number of rotatable bonds is 4. The normalized spacial score (nSPS) is 20.6. The number of halogens is 4. The van der Waals surface area contributed by atoms with Crippen molar-refractivity contribution < 1.29 is 32.1 Å². The Kier molecular flexibility index (Phi) is 4.26. The predicted octanol–water partition coefficient (Wildman–Crippen LogP) is 2.02. The van der Waals surface area contributed by atoms with Gasteiger partial charge in [0.25, 0.3) is 0 Å². The molecule has 0 spiro atoms. The summed E-state index contributed by atoms with van der Waals surface area (Å²) in [6, 6.07) is 0.0960. The Morgan fingerprint density at radius 2 is 1.89 bits per heavy atom. The SMILES string of the molecule is OC(COc1c(F)c(F)cc(F)c1F)C1CCOC1. The summed E-state index contributed by atoms with van der Waals surface area (Å²) in [4.78, 5) is 0. The zero-order valence-electron chi connectivity index (χ0n) is 9.84. The van der Waals surface area contributed by atoms with Gasteiger partial charge >= 0.3 is 0 Å². The molecule has 0 radical (unpaired) electrons. The van der Waals surface area contributed by atoms with E-state index in [1.807, 2.05) is 0 Å². The van der Waals surface area contributed by atoms with Crippen molar-refractivity contribution in [3.8, 4) is 5.75 Å². The van der Waals surface area contributed by atoms with Crippen LogP contribution >= 0.6 is 0 Å². The number of aliphatic hydroxyl groups is 1. The van der Waals surface area contributed by atoms with E-state index in [4.69, 9.17) is 4.74 Å². The molecule has 2 unspecified atom stereocenters. The number of hydrogen-bond acceptors (Lipinski definition) is 3. The summed E-state index contributed by atoms with van der Waals surface area (Å²) in [7, 11) is 0. The molecule has 106 valence electrons. The van der Waals surface area contributed by atoms with Gasteiger partial charge in [0.1, 0.15) is 6.61 Å². The van der Waals surface area contributed by atoms with Crippen LogP contribution in [0.15, 0.2) is 6.07 Å². The highest BCUT2D eigenvalue weighted by Crippen LogP contribution is 2.27. The Bertz CT molecular complexity index is 435. The van der Waals surface area contributed by atoms with Crippen LogP contribution in [0.3, 0.4) is 0 Å². The minimum Gasteiger partial charge on any atom is -0.485 e. The Balaban J connectivity index is 2.06. The summed E-state index contributed by atoms with van der Waals surface area (Å²) in [5.41, 5.74) is 0. The summed E-state index contributed by atoms with van der Waals surface area (Å²) in [6.07, 6.45) is -0.430. The minimum absolute atomic E-state index is 0.0960. The zero-order chi connectivity index (χ0) is 14.0. The quantitative estimate of drug-likeness (QED) is 0.677. The maximum atomic E-state index is 13.3. The first-order valence-corrected chi connectivity index (χ1v) is 5.72. The Hall–Kier alpha value is -1.34. The van der Waals surface area contributed by atoms with E-state index < -0.39 is 41.7 Å². The van der Waals surface area contributed by atoms with E-state index in [-0.39, 0.29) is 12.0 Å². The van der Waals surface area contributed by atoms with Crippen LogP contribution in [0, 0.1) is 29.2 Å². The molecule has 1 aromatic rings. The highest BCUT2D eigenvalue weighted by Gasteiger charge is 2.26. The summed E-state index contributed by atoms with van der Waals surface area (Å²) >= 11 is 0. The van der Waals surface area contributed by atoms with Gasteiger partial charge in [-0.15, -0.1) is 0 Å². The van der Waals surface area contributed by atoms with Crippen molar-refractivity contribution >= 4 is 0 Å². The Labute approximate surface area is 106 Å². The average molecular weight is 280 g/mol. The molecule has 0 aromatic heterocycles. The number of ether oxygens (including phenoxy) is 2. The summed E-state index contributed by atoms with van der Waals surface area (Å²) < 4.78 is 62.0. The number of hydrogen-bond donors (Lipinski definition) is 1. The van der Waals surface area contributed by atoms with E-state index in [0.717, 1.165) is 0 Å². The van der Waals surface area contributed by atoms with E-state index in [1.165, 1.54) is 0 Å². The average Bonchev–Trinajstić information content (AvgIpc) is 2.90. The third-order valence-electron chi connectivity index (χ3n) is 2.98. The molecule has 19 heavy (non-hydrogen) atoms. The second-order valence-corrected chi connectivity index (χ2v) is 4.30.